The van der Waals surface area contributed by atoms with Crippen LogP contribution in [0.25, 0.3) is 0 Å². The minimum atomic E-state index is -0.208. The third-order valence-electron chi connectivity index (χ3n) is 2.82. The minimum absolute atomic E-state index is 0.0393. The summed E-state index contributed by atoms with van der Waals surface area (Å²) in [6, 6.07) is 0. The molecule has 1 aliphatic heterocycles. The summed E-state index contributed by atoms with van der Waals surface area (Å²) in [6.07, 6.45) is 4.27. The van der Waals surface area contributed by atoms with Crippen molar-refractivity contribution in [1.82, 2.24) is 5.32 Å². The van der Waals surface area contributed by atoms with Crippen molar-refractivity contribution in [2.75, 3.05) is 32.9 Å². The van der Waals surface area contributed by atoms with Crippen LogP contribution in [0.15, 0.2) is 0 Å². The van der Waals surface area contributed by atoms with Gasteiger partial charge in [-0.3, -0.25) is 0 Å². The smallest absolute Gasteiger partial charge is 0.184 e. The zero-order chi connectivity index (χ0) is 12.3. The molecule has 17 heavy (non-hydrogen) atoms. The lowest BCUT2D eigenvalue weighted by molar-refractivity contribution is -0.211. The molecule has 0 spiro atoms. The summed E-state index contributed by atoms with van der Waals surface area (Å²) < 4.78 is 17.3. The molecule has 4 heteroatoms. The molecule has 1 saturated heterocycles. The maximum atomic E-state index is 5.78. The quantitative estimate of drug-likeness (QED) is 0.498. The van der Waals surface area contributed by atoms with E-state index >= 15 is 0 Å². The second kappa shape index (κ2) is 9.83. The van der Waals surface area contributed by atoms with Crippen LogP contribution in [0.3, 0.4) is 0 Å². The summed E-state index contributed by atoms with van der Waals surface area (Å²) in [6.45, 7) is 8.33. The average molecular weight is 245 g/mol. The van der Waals surface area contributed by atoms with Gasteiger partial charge in [-0.15, -0.1) is 0 Å². The highest BCUT2D eigenvalue weighted by Crippen LogP contribution is 2.10. The van der Waals surface area contributed by atoms with Crippen molar-refractivity contribution in [3.8, 4) is 0 Å². The highest BCUT2D eigenvalue weighted by Gasteiger charge is 2.25. The van der Waals surface area contributed by atoms with Crippen molar-refractivity contribution in [3.63, 3.8) is 0 Å². The van der Waals surface area contributed by atoms with Gasteiger partial charge in [0.05, 0.1) is 6.61 Å². The molecule has 0 aromatic heterocycles. The number of morpholine rings is 1. The number of unbranched alkanes of at least 4 members (excludes halogenated alkanes) is 2. The van der Waals surface area contributed by atoms with Crippen LogP contribution in [0.1, 0.15) is 39.5 Å². The molecule has 0 aromatic rings. The second-order valence-electron chi connectivity index (χ2n) is 4.43. The van der Waals surface area contributed by atoms with Crippen LogP contribution in [-0.4, -0.2) is 45.3 Å². The number of hydrogen-bond donors (Lipinski definition) is 1. The number of ether oxygens (including phenoxy) is 3. The molecule has 4 nitrogen and oxygen atoms in total. The van der Waals surface area contributed by atoms with Gasteiger partial charge in [0.2, 0.25) is 0 Å². The lowest BCUT2D eigenvalue weighted by Crippen LogP contribution is -2.47. The van der Waals surface area contributed by atoms with E-state index in [-0.39, 0.29) is 12.4 Å². The zero-order valence-corrected chi connectivity index (χ0v) is 11.2. The Bertz CT molecular complexity index is 162. The van der Waals surface area contributed by atoms with Crippen molar-refractivity contribution in [1.29, 1.82) is 0 Å². The van der Waals surface area contributed by atoms with Gasteiger partial charge in [-0.05, 0) is 12.8 Å². The van der Waals surface area contributed by atoms with Crippen LogP contribution in [0.2, 0.25) is 0 Å². The van der Waals surface area contributed by atoms with Crippen LogP contribution < -0.4 is 5.32 Å². The molecule has 0 bridgehead atoms. The van der Waals surface area contributed by atoms with E-state index in [0.29, 0.717) is 0 Å². The van der Waals surface area contributed by atoms with E-state index in [2.05, 4.69) is 19.2 Å². The maximum absolute atomic E-state index is 5.78. The third-order valence-corrected chi connectivity index (χ3v) is 2.82. The topological polar surface area (TPSA) is 39.7 Å². The van der Waals surface area contributed by atoms with Gasteiger partial charge in [0.15, 0.2) is 6.29 Å². The van der Waals surface area contributed by atoms with Crippen LogP contribution in [0.4, 0.5) is 0 Å². The van der Waals surface area contributed by atoms with Crippen molar-refractivity contribution >= 4 is 0 Å². The fourth-order valence-corrected chi connectivity index (χ4v) is 1.71. The summed E-state index contributed by atoms with van der Waals surface area (Å²) >= 11 is 0. The van der Waals surface area contributed by atoms with Crippen LogP contribution >= 0.6 is 0 Å². The van der Waals surface area contributed by atoms with Crippen LogP contribution in [0, 0.1) is 0 Å². The van der Waals surface area contributed by atoms with Gasteiger partial charge in [-0.2, -0.15) is 0 Å². The summed E-state index contributed by atoms with van der Waals surface area (Å²) in [5, 5.41) is 3.31. The summed E-state index contributed by atoms with van der Waals surface area (Å²) in [4.78, 5) is 0. The Labute approximate surface area is 105 Å². The molecule has 102 valence electrons. The van der Waals surface area contributed by atoms with Crippen molar-refractivity contribution < 1.29 is 14.2 Å². The van der Waals surface area contributed by atoms with Gasteiger partial charge in [0, 0.05) is 26.3 Å². The van der Waals surface area contributed by atoms with Gasteiger partial charge in [-0.1, -0.05) is 26.7 Å². The maximum Gasteiger partial charge on any atom is 0.184 e. The van der Waals surface area contributed by atoms with E-state index in [9.17, 15) is 0 Å². The van der Waals surface area contributed by atoms with Gasteiger partial charge >= 0.3 is 0 Å². The molecular formula is C13H27NO3. The van der Waals surface area contributed by atoms with Crippen molar-refractivity contribution in [2.24, 2.45) is 0 Å². The van der Waals surface area contributed by atoms with E-state index in [1.807, 2.05) is 0 Å². The lowest BCUT2D eigenvalue weighted by Gasteiger charge is -2.30. The van der Waals surface area contributed by atoms with E-state index in [0.717, 1.165) is 58.6 Å². The first-order valence-electron chi connectivity index (χ1n) is 6.94. The molecule has 1 heterocycles. The first kappa shape index (κ1) is 14.9. The lowest BCUT2D eigenvalue weighted by atomic mass is 10.3. The molecule has 0 radical (unpaired) electrons. The highest BCUT2D eigenvalue weighted by atomic mass is 16.7. The highest BCUT2D eigenvalue weighted by molar-refractivity contribution is 4.71. The van der Waals surface area contributed by atoms with Gasteiger partial charge < -0.3 is 19.5 Å². The monoisotopic (exact) mass is 245 g/mol. The van der Waals surface area contributed by atoms with E-state index in [1.165, 1.54) is 0 Å². The Balaban J connectivity index is 2.27. The first-order valence-corrected chi connectivity index (χ1v) is 6.94. The second-order valence-corrected chi connectivity index (χ2v) is 4.43. The molecule has 1 atom stereocenters. The molecule has 1 fully saturated rings. The molecule has 1 N–H and O–H groups in total. The van der Waals surface area contributed by atoms with Crippen LogP contribution in [0.5, 0.6) is 0 Å². The standard InChI is InChI=1S/C13H27NO3/c1-3-5-8-16-13(17-9-6-4-2)12-11-14-7-10-15-12/h12-14H,3-11H2,1-2H3/t12-/m0/s1. The largest absolute Gasteiger partial charge is 0.370 e. The molecule has 1 rings (SSSR count). The summed E-state index contributed by atoms with van der Waals surface area (Å²) in [5.41, 5.74) is 0. The van der Waals surface area contributed by atoms with Gasteiger partial charge in [-0.25, -0.2) is 0 Å². The number of hydrogen-bond acceptors (Lipinski definition) is 4. The fourth-order valence-electron chi connectivity index (χ4n) is 1.71. The molecule has 0 amide bonds. The van der Waals surface area contributed by atoms with Gasteiger partial charge in [0.1, 0.15) is 6.10 Å². The Hall–Kier alpha value is -0.160. The SMILES string of the molecule is CCCCOC(OCCCC)[C@@H]1CNCCO1. The Morgan fingerprint density at radius 3 is 2.29 bits per heavy atom. The predicted molar refractivity (Wildman–Crippen MR) is 68.1 cm³/mol. The molecular weight excluding hydrogens is 218 g/mol. The number of nitrogens with one attached hydrogen (secondary N) is 1. The molecule has 0 unspecified atom stereocenters. The van der Waals surface area contributed by atoms with Crippen LogP contribution in [-0.2, 0) is 14.2 Å². The average Bonchev–Trinajstić information content (AvgIpc) is 2.38. The normalized spacial score (nSPS) is 21.0. The van der Waals surface area contributed by atoms with E-state index < -0.39 is 0 Å². The minimum Gasteiger partial charge on any atom is -0.370 e. The molecule has 0 aliphatic carbocycles. The van der Waals surface area contributed by atoms with Crippen molar-refractivity contribution in [3.05, 3.63) is 0 Å². The third kappa shape index (κ3) is 6.36. The molecule has 1 aliphatic rings. The molecule has 0 saturated carbocycles. The zero-order valence-electron chi connectivity index (χ0n) is 11.2. The predicted octanol–water partition coefficient (Wildman–Crippen LogP) is 1.93. The molecule has 0 aromatic carbocycles. The van der Waals surface area contributed by atoms with E-state index in [1.54, 1.807) is 0 Å². The van der Waals surface area contributed by atoms with Gasteiger partial charge in [0.25, 0.3) is 0 Å². The Kier molecular flexibility index (Phi) is 8.61. The Morgan fingerprint density at radius 2 is 1.82 bits per heavy atom. The summed E-state index contributed by atoms with van der Waals surface area (Å²) in [5.74, 6) is 0. The Morgan fingerprint density at radius 1 is 1.18 bits per heavy atom. The van der Waals surface area contributed by atoms with E-state index in [4.69, 9.17) is 14.2 Å². The number of rotatable bonds is 9. The first-order chi connectivity index (χ1) is 8.38. The summed E-state index contributed by atoms with van der Waals surface area (Å²) in [7, 11) is 0. The van der Waals surface area contributed by atoms with Crippen molar-refractivity contribution in [2.45, 2.75) is 51.9 Å². The fraction of sp³-hybridized carbons (Fsp3) is 1.00.